The molecular weight excluding hydrogens is 296 g/mol. The molecule has 2 N–H and O–H groups in total. The van der Waals surface area contributed by atoms with Crippen molar-refractivity contribution >= 4 is 11.8 Å². The van der Waals surface area contributed by atoms with E-state index >= 15 is 0 Å². The first-order chi connectivity index (χ1) is 11.3. The number of urea groups is 1. The van der Waals surface area contributed by atoms with Gasteiger partial charge in [0.05, 0.1) is 19.3 Å². The number of aromatic nitrogens is 1. The summed E-state index contributed by atoms with van der Waals surface area (Å²) in [6.45, 7) is 5.07. The number of pyridine rings is 1. The van der Waals surface area contributed by atoms with Gasteiger partial charge in [-0.25, -0.2) is 9.78 Å². The molecule has 7 nitrogen and oxygen atoms in total. The Morgan fingerprint density at radius 3 is 2.83 bits per heavy atom. The SMILES string of the molecule is O=C(NCc1ccc(N2CCOCC2)nc1)NCC1CCCO1. The normalized spacial score (nSPS) is 21.2. The van der Waals surface area contributed by atoms with E-state index in [0.717, 1.165) is 57.1 Å². The van der Waals surface area contributed by atoms with Gasteiger partial charge in [-0.3, -0.25) is 0 Å². The van der Waals surface area contributed by atoms with E-state index in [1.54, 1.807) is 0 Å². The molecule has 23 heavy (non-hydrogen) atoms. The molecule has 0 aliphatic carbocycles. The lowest BCUT2D eigenvalue weighted by Gasteiger charge is -2.27. The molecule has 2 saturated heterocycles. The largest absolute Gasteiger partial charge is 0.378 e. The highest BCUT2D eigenvalue weighted by molar-refractivity contribution is 5.73. The number of amides is 2. The molecule has 2 fully saturated rings. The van der Waals surface area contributed by atoms with Gasteiger partial charge >= 0.3 is 6.03 Å². The minimum atomic E-state index is -0.169. The molecule has 1 aromatic rings. The van der Waals surface area contributed by atoms with Crippen LogP contribution in [-0.2, 0) is 16.0 Å². The summed E-state index contributed by atoms with van der Waals surface area (Å²) in [5, 5.41) is 5.68. The lowest BCUT2D eigenvalue weighted by Crippen LogP contribution is -2.39. The van der Waals surface area contributed by atoms with Crippen LogP contribution < -0.4 is 15.5 Å². The summed E-state index contributed by atoms with van der Waals surface area (Å²) in [5.74, 6) is 0.958. The van der Waals surface area contributed by atoms with Crippen molar-refractivity contribution < 1.29 is 14.3 Å². The monoisotopic (exact) mass is 320 g/mol. The van der Waals surface area contributed by atoms with E-state index < -0.39 is 0 Å². The number of morpholine rings is 1. The molecule has 0 spiro atoms. The predicted octanol–water partition coefficient (Wildman–Crippen LogP) is 0.896. The van der Waals surface area contributed by atoms with E-state index in [0.29, 0.717) is 13.1 Å². The van der Waals surface area contributed by atoms with Gasteiger partial charge in [-0.15, -0.1) is 0 Å². The first-order valence-electron chi connectivity index (χ1n) is 8.22. The Bertz CT molecular complexity index is 497. The molecule has 1 atom stereocenters. The summed E-state index contributed by atoms with van der Waals surface area (Å²) in [6, 6.07) is 3.82. The smallest absolute Gasteiger partial charge is 0.315 e. The highest BCUT2D eigenvalue weighted by Crippen LogP contribution is 2.13. The summed E-state index contributed by atoms with van der Waals surface area (Å²) in [5.41, 5.74) is 0.981. The summed E-state index contributed by atoms with van der Waals surface area (Å²) < 4.78 is 10.8. The summed E-state index contributed by atoms with van der Waals surface area (Å²) in [4.78, 5) is 18.4. The van der Waals surface area contributed by atoms with Crippen LogP contribution in [0, 0.1) is 0 Å². The van der Waals surface area contributed by atoms with E-state index in [1.807, 2.05) is 18.3 Å². The summed E-state index contributed by atoms with van der Waals surface area (Å²) >= 11 is 0. The quantitative estimate of drug-likeness (QED) is 0.843. The van der Waals surface area contributed by atoms with Gasteiger partial charge in [0.15, 0.2) is 0 Å². The molecule has 3 heterocycles. The molecule has 2 aliphatic heterocycles. The first-order valence-corrected chi connectivity index (χ1v) is 8.22. The molecule has 0 aromatic carbocycles. The van der Waals surface area contributed by atoms with Crippen LogP contribution in [-0.4, -0.2) is 56.6 Å². The molecule has 3 rings (SSSR count). The fourth-order valence-corrected chi connectivity index (χ4v) is 2.76. The lowest BCUT2D eigenvalue weighted by molar-refractivity contribution is 0.111. The van der Waals surface area contributed by atoms with Gasteiger partial charge in [0.25, 0.3) is 0 Å². The maximum Gasteiger partial charge on any atom is 0.315 e. The van der Waals surface area contributed by atoms with Crippen LogP contribution in [0.4, 0.5) is 10.6 Å². The molecule has 7 heteroatoms. The van der Waals surface area contributed by atoms with Crippen molar-refractivity contribution in [2.45, 2.75) is 25.5 Å². The number of hydrogen-bond acceptors (Lipinski definition) is 5. The van der Waals surface area contributed by atoms with Gasteiger partial charge in [-0.05, 0) is 24.5 Å². The molecular formula is C16H24N4O3. The molecule has 2 aliphatic rings. The number of hydrogen-bond donors (Lipinski definition) is 2. The number of carbonyl (C=O) groups excluding carboxylic acids is 1. The van der Waals surface area contributed by atoms with Crippen LogP contribution in [0.5, 0.6) is 0 Å². The van der Waals surface area contributed by atoms with Crippen LogP contribution in [0.1, 0.15) is 18.4 Å². The van der Waals surface area contributed by atoms with Crippen molar-refractivity contribution in [3.63, 3.8) is 0 Å². The van der Waals surface area contributed by atoms with E-state index in [1.165, 1.54) is 0 Å². The minimum absolute atomic E-state index is 0.162. The molecule has 2 amide bonds. The molecule has 1 unspecified atom stereocenters. The Labute approximate surface area is 136 Å². The first kappa shape index (κ1) is 16.0. The van der Waals surface area contributed by atoms with Crippen molar-refractivity contribution in [3.8, 4) is 0 Å². The van der Waals surface area contributed by atoms with E-state index in [-0.39, 0.29) is 12.1 Å². The van der Waals surface area contributed by atoms with Crippen molar-refractivity contribution in [3.05, 3.63) is 23.9 Å². The zero-order chi connectivity index (χ0) is 15.9. The lowest BCUT2D eigenvalue weighted by atomic mass is 10.2. The van der Waals surface area contributed by atoms with E-state index in [2.05, 4.69) is 20.5 Å². The average Bonchev–Trinajstić information content (AvgIpc) is 3.13. The third-order valence-electron chi connectivity index (χ3n) is 4.11. The third-order valence-corrected chi connectivity index (χ3v) is 4.11. The number of ether oxygens (including phenoxy) is 2. The fraction of sp³-hybridized carbons (Fsp3) is 0.625. The summed E-state index contributed by atoms with van der Waals surface area (Å²) in [6.07, 6.45) is 4.07. The number of nitrogens with one attached hydrogen (secondary N) is 2. The highest BCUT2D eigenvalue weighted by atomic mass is 16.5. The van der Waals surface area contributed by atoms with Gasteiger partial charge in [-0.1, -0.05) is 6.07 Å². The van der Waals surface area contributed by atoms with E-state index in [9.17, 15) is 4.79 Å². The Morgan fingerprint density at radius 1 is 1.26 bits per heavy atom. The van der Waals surface area contributed by atoms with Gasteiger partial charge in [0.1, 0.15) is 5.82 Å². The standard InChI is InChI=1S/C16H24N4O3/c21-16(19-12-14-2-1-7-23-14)18-11-13-3-4-15(17-10-13)20-5-8-22-9-6-20/h3-4,10,14H,1-2,5-9,11-12H2,(H2,18,19,21). The predicted molar refractivity (Wildman–Crippen MR) is 86.5 cm³/mol. The number of nitrogens with zero attached hydrogens (tertiary/aromatic N) is 2. The van der Waals surface area contributed by atoms with Crippen molar-refractivity contribution in [1.82, 2.24) is 15.6 Å². The molecule has 0 radical (unpaired) electrons. The van der Waals surface area contributed by atoms with Crippen LogP contribution in [0.2, 0.25) is 0 Å². The second-order valence-electron chi connectivity index (χ2n) is 5.82. The Hall–Kier alpha value is -1.86. The molecule has 0 saturated carbocycles. The average molecular weight is 320 g/mol. The van der Waals surface area contributed by atoms with Gasteiger partial charge in [0, 0.05) is 39.0 Å². The number of carbonyl (C=O) groups is 1. The molecule has 0 bridgehead atoms. The van der Waals surface area contributed by atoms with Gasteiger partial charge in [-0.2, -0.15) is 0 Å². The fourth-order valence-electron chi connectivity index (χ4n) is 2.76. The maximum atomic E-state index is 11.8. The Morgan fingerprint density at radius 2 is 2.13 bits per heavy atom. The van der Waals surface area contributed by atoms with Crippen LogP contribution in [0.3, 0.4) is 0 Å². The number of anilines is 1. The highest BCUT2D eigenvalue weighted by Gasteiger charge is 2.16. The molecule has 126 valence electrons. The zero-order valence-electron chi connectivity index (χ0n) is 13.3. The Balaban J connectivity index is 1.40. The topological polar surface area (TPSA) is 75.7 Å². The zero-order valence-corrected chi connectivity index (χ0v) is 13.3. The van der Waals surface area contributed by atoms with Crippen LogP contribution >= 0.6 is 0 Å². The third kappa shape index (κ3) is 4.80. The van der Waals surface area contributed by atoms with Crippen LogP contribution in [0.15, 0.2) is 18.3 Å². The minimum Gasteiger partial charge on any atom is -0.378 e. The van der Waals surface area contributed by atoms with Gasteiger partial charge < -0.3 is 25.0 Å². The van der Waals surface area contributed by atoms with Crippen molar-refractivity contribution in [1.29, 1.82) is 0 Å². The maximum absolute atomic E-state index is 11.8. The van der Waals surface area contributed by atoms with Crippen molar-refractivity contribution in [2.75, 3.05) is 44.4 Å². The van der Waals surface area contributed by atoms with Gasteiger partial charge in [0.2, 0.25) is 0 Å². The number of rotatable bonds is 5. The summed E-state index contributed by atoms with van der Waals surface area (Å²) in [7, 11) is 0. The van der Waals surface area contributed by atoms with Crippen LogP contribution in [0.25, 0.3) is 0 Å². The molecule has 1 aromatic heterocycles. The Kier molecular flexibility index (Phi) is 5.65. The van der Waals surface area contributed by atoms with E-state index in [4.69, 9.17) is 9.47 Å². The second-order valence-corrected chi connectivity index (χ2v) is 5.82. The second kappa shape index (κ2) is 8.12. The van der Waals surface area contributed by atoms with Crippen molar-refractivity contribution in [2.24, 2.45) is 0 Å².